The molecule has 0 saturated heterocycles. The zero-order chi connectivity index (χ0) is 55.7. The third kappa shape index (κ3) is 63.8. The van der Waals surface area contributed by atoms with Gasteiger partial charge in [0.2, 0.25) is 0 Å². The SMILES string of the molecule is CC/C=C\C/C=C\C/C=C\C/C=C\CCCCCCCCCCCCCCCCCCCCC(=O)OCC(COC(=O)CCCCCCC/C=C\CCCCCC)OC(=O)CCCCCCCCCCCCCCCCC. The molecule has 0 radical (unpaired) electrons. The lowest BCUT2D eigenvalue weighted by Gasteiger charge is -2.18. The molecule has 0 aromatic carbocycles. The van der Waals surface area contributed by atoms with Gasteiger partial charge >= 0.3 is 17.9 Å². The van der Waals surface area contributed by atoms with E-state index in [4.69, 9.17) is 14.2 Å². The van der Waals surface area contributed by atoms with E-state index in [2.05, 4.69) is 81.5 Å². The second-order valence-electron chi connectivity index (χ2n) is 22.7. The molecule has 0 aliphatic carbocycles. The quantitative estimate of drug-likeness (QED) is 0.0261. The minimum absolute atomic E-state index is 0.0709. The van der Waals surface area contributed by atoms with Crippen molar-refractivity contribution < 1.29 is 28.6 Å². The average Bonchev–Trinajstić information content (AvgIpc) is 3.43. The standard InChI is InChI=1S/C71H128O6/c1-4-7-10-13-16-19-22-25-27-28-29-30-31-32-33-34-35-36-37-38-39-40-41-42-44-46-49-52-55-58-61-64-70(73)76-67-68(66-75-69(72)63-60-57-54-51-48-45-24-21-18-15-12-9-6-3)77-71(74)65-62-59-56-53-50-47-43-26-23-20-17-14-11-8-5-2/h7,10,16,19,21,24-25,27,29-30,68H,4-6,8-9,11-15,17-18,20,22-23,26,28,31-67H2,1-3H3/b10-7-,19-16-,24-21-,27-25-,30-29-. The summed E-state index contributed by atoms with van der Waals surface area (Å²) >= 11 is 0. The van der Waals surface area contributed by atoms with Gasteiger partial charge in [-0.15, -0.1) is 0 Å². The summed E-state index contributed by atoms with van der Waals surface area (Å²) in [4.78, 5) is 38.3. The molecule has 448 valence electrons. The van der Waals surface area contributed by atoms with Crippen LogP contribution in [-0.4, -0.2) is 37.2 Å². The summed E-state index contributed by atoms with van der Waals surface area (Å²) in [6, 6.07) is 0. The van der Waals surface area contributed by atoms with Crippen LogP contribution >= 0.6 is 0 Å². The molecular formula is C71H128O6. The maximum absolute atomic E-state index is 12.9. The predicted octanol–water partition coefficient (Wildman–Crippen LogP) is 23.1. The van der Waals surface area contributed by atoms with Crippen LogP contribution < -0.4 is 0 Å². The van der Waals surface area contributed by atoms with Gasteiger partial charge in [0.1, 0.15) is 13.2 Å². The van der Waals surface area contributed by atoms with Gasteiger partial charge in [-0.2, -0.15) is 0 Å². The highest BCUT2D eigenvalue weighted by atomic mass is 16.6. The predicted molar refractivity (Wildman–Crippen MR) is 335 cm³/mol. The van der Waals surface area contributed by atoms with E-state index < -0.39 is 6.10 Å². The topological polar surface area (TPSA) is 78.9 Å². The molecule has 6 nitrogen and oxygen atoms in total. The van der Waals surface area contributed by atoms with Crippen LogP contribution in [0, 0.1) is 0 Å². The van der Waals surface area contributed by atoms with Crippen LogP contribution in [0.15, 0.2) is 60.8 Å². The molecule has 0 bridgehead atoms. The smallest absolute Gasteiger partial charge is 0.306 e. The number of ether oxygens (including phenoxy) is 3. The van der Waals surface area contributed by atoms with Crippen LogP contribution in [0.2, 0.25) is 0 Å². The van der Waals surface area contributed by atoms with E-state index in [1.165, 1.54) is 225 Å². The molecule has 6 heteroatoms. The van der Waals surface area contributed by atoms with Crippen molar-refractivity contribution in [3.8, 4) is 0 Å². The van der Waals surface area contributed by atoms with E-state index in [-0.39, 0.29) is 31.1 Å². The number of hydrogen-bond acceptors (Lipinski definition) is 6. The van der Waals surface area contributed by atoms with Crippen molar-refractivity contribution in [1.29, 1.82) is 0 Å². The Morgan fingerprint density at radius 3 is 0.818 bits per heavy atom. The van der Waals surface area contributed by atoms with Crippen LogP contribution in [0.4, 0.5) is 0 Å². The summed E-state index contributed by atoms with van der Waals surface area (Å²) in [5.41, 5.74) is 0. The highest BCUT2D eigenvalue weighted by Crippen LogP contribution is 2.18. The average molecular weight is 1080 g/mol. The van der Waals surface area contributed by atoms with Gasteiger partial charge in [-0.3, -0.25) is 14.4 Å². The first-order valence-corrected chi connectivity index (χ1v) is 33.8. The molecule has 0 aliphatic rings. The van der Waals surface area contributed by atoms with Gasteiger partial charge in [0.25, 0.3) is 0 Å². The van der Waals surface area contributed by atoms with E-state index in [0.717, 1.165) is 89.9 Å². The summed E-state index contributed by atoms with van der Waals surface area (Å²) in [6.45, 7) is 6.56. The van der Waals surface area contributed by atoms with E-state index in [9.17, 15) is 14.4 Å². The van der Waals surface area contributed by atoms with Crippen molar-refractivity contribution in [1.82, 2.24) is 0 Å². The number of rotatable bonds is 62. The highest BCUT2D eigenvalue weighted by Gasteiger charge is 2.19. The largest absolute Gasteiger partial charge is 0.462 e. The number of hydrogen-bond donors (Lipinski definition) is 0. The Balaban J connectivity index is 4.14. The van der Waals surface area contributed by atoms with Crippen LogP contribution in [-0.2, 0) is 28.6 Å². The monoisotopic (exact) mass is 1080 g/mol. The normalized spacial score (nSPS) is 12.4. The first kappa shape index (κ1) is 74.1. The number of carbonyl (C=O) groups is 3. The second-order valence-corrected chi connectivity index (χ2v) is 22.7. The van der Waals surface area contributed by atoms with E-state index in [1.807, 2.05) is 0 Å². The Hall–Kier alpha value is -2.89. The van der Waals surface area contributed by atoms with Crippen molar-refractivity contribution >= 4 is 17.9 Å². The van der Waals surface area contributed by atoms with Crippen molar-refractivity contribution in [2.24, 2.45) is 0 Å². The summed E-state index contributed by atoms with van der Waals surface area (Å²) in [5.74, 6) is -0.857. The minimum Gasteiger partial charge on any atom is -0.462 e. The highest BCUT2D eigenvalue weighted by molar-refractivity contribution is 5.71. The zero-order valence-corrected chi connectivity index (χ0v) is 51.5. The first-order valence-electron chi connectivity index (χ1n) is 33.8. The molecule has 0 saturated carbocycles. The van der Waals surface area contributed by atoms with E-state index >= 15 is 0 Å². The third-order valence-corrected chi connectivity index (χ3v) is 15.0. The van der Waals surface area contributed by atoms with Crippen LogP contribution in [0.5, 0.6) is 0 Å². The van der Waals surface area contributed by atoms with Gasteiger partial charge in [-0.1, -0.05) is 313 Å². The maximum Gasteiger partial charge on any atom is 0.306 e. The number of allylic oxidation sites excluding steroid dienone is 10. The second kappa shape index (κ2) is 65.6. The third-order valence-electron chi connectivity index (χ3n) is 15.0. The molecule has 0 heterocycles. The minimum atomic E-state index is -0.773. The van der Waals surface area contributed by atoms with Gasteiger partial charge in [0, 0.05) is 19.3 Å². The van der Waals surface area contributed by atoms with Gasteiger partial charge in [-0.05, 0) is 83.5 Å². The molecular weight excluding hydrogens is 949 g/mol. The molecule has 0 aliphatic heterocycles. The molecule has 0 aromatic rings. The van der Waals surface area contributed by atoms with E-state index in [1.54, 1.807) is 0 Å². The number of unbranched alkanes of at least 4 members (excludes halogenated alkanes) is 41. The van der Waals surface area contributed by atoms with Gasteiger partial charge in [0.05, 0.1) is 0 Å². The summed E-state index contributed by atoms with van der Waals surface area (Å²) in [5, 5.41) is 0. The molecule has 0 fully saturated rings. The molecule has 1 atom stereocenters. The van der Waals surface area contributed by atoms with Crippen molar-refractivity contribution in [2.45, 2.75) is 361 Å². The van der Waals surface area contributed by atoms with Crippen molar-refractivity contribution in [2.75, 3.05) is 13.2 Å². The van der Waals surface area contributed by atoms with E-state index in [0.29, 0.717) is 19.3 Å². The van der Waals surface area contributed by atoms with Gasteiger partial charge in [0.15, 0.2) is 6.10 Å². The van der Waals surface area contributed by atoms with Gasteiger partial charge in [-0.25, -0.2) is 0 Å². The Bertz CT molecular complexity index is 1380. The Morgan fingerprint density at radius 2 is 0.506 bits per heavy atom. The lowest BCUT2D eigenvalue weighted by Crippen LogP contribution is -2.30. The molecule has 0 aromatic heterocycles. The Morgan fingerprint density at radius 1 is 0.273 bits per heavy atom. The summed E-state index contributed by atoms with van der Waals surface area (Å²) < 4.78 is 16.9. The fraction of sp³-hybridized carbons (Fsp3) is 0.817. The zero-order valence-electron chi connectivity index (χ0n) is 51.5. The van der Waals surface area contributed by atoms with Crippen LogP contribution in [0.25, 0.3) is 0 Å². The maximum atomic E-state index is 12.9. The Kier molecular flexibility index (Phi) is 63.2. The van der Waals surface area contributed by atoms with Gasteiger partial charge < -0.3 is 14.2 Å². The lowest BCUT2D eigenvalue weighted by atomic mass is 10.0. The van der Waals surface area contributed by atoms with Crippen molar-refractivity contribution in [3.63, 3.8) is 0 Å². The molecule has 0 N–H and O–H groups in total. The first-order chi connectivity index (χ1) is 38.0. The molecule has 77 heavy (non-hydrogen) atoms. The number of carbonyl (C=O) groups excluding carboxylic acids is 3. The fourth-order valence-corrected chi connectivity index (χ4v) is 9.96. The Labute approximate surface area is 479 Å². The van der Waals surface area contributed by atoms with Crippen molar-refractivity contribution in [3.05, 3.63) is 60.8 Å². The molecule has 0 rings (SSSR count). The molecule has 0 spiro atoms. The van der Waals surface area contributed by atoms with Crippen LogP contribution in [0.3, 0.4) is 0 Å². The molecule has 1 unspecified atom stereocenters. The molecule has 0 amide bonds. The summed E-state index contributed by atoms with van der Waals surface area (Å²) in [7, 11) is 0. The lowest BCUT2D eigenvalue weighted by molar-refractivity contribution is -0.167. The number of esters is 3. The fourth-order valence-electron chi connectivity index (χ4n) is 9.96. The summed E-state index contributed by atoms with van der Waals surface area (Å²) in [6.07, 6.45) is 83.9. The van der Waals surface area contributed by atoms with Crippen LogP contribution in [0.1, 0.15) is 355 Å².